The van der Waals surface area contributed by atoms with Crippen LogP contribution < -0.4 is 10.5 Å². The van der Waals surface area contributed by atoms with E-state index in [0.717, 1.165) is 6.07 Å². The molecular weight excluding hydrogens is 270 g/mol. The summed E-state index contributed by atoms with van der Waals surface area (Å²) >= 11 is 0. The van der Waals surface area contributed by atoms with E-state index in [1.807, 2.05) is 6.92 Å². The van der Waals surface area contributed by atoms with Crippen LogP contribution in [-0.2, 0) is 0 Å². The number of rotatable bonds is 5. The molecular formula is C12H12F2N4O2. The molecule has 2 rings (SSSR count). The van der Waals surface area contributed by atoms with Gasteiger partial charge in [0.1, 0.15) is 5.69 Å². The second-order valence-electron chi connectivity index (χ2n) is 4.00. The van der Waals surface area contributed by atoms with Gasteiger partial charge < -0.3 is 10.5 Å². The number of carbonyl (C=O) groups is 1. The number of amides is 1. The molecule has 1 aromatic carbocycles. The fraction of sp³-hybridized carbons (Fsp3) is 0.250. The van der Waals surface area contributed by atoms with Gasteiger partial charge in [-0.3, -0.25) is 4.79 Å². The molecule has 2 aromatic rings. The Hall–Kier alpha value is -2.51. The lowest BCUT2D eigenvalue weighted by Crippen LogP contribution is -2.13. The van der Waals surface area contributed by atoms with Crippen LogP contribution in [0.3, 0.4) is 0 Å². The predicted octanol–water partition coefficient (Wildman–Crippen LogP) is 1.64. The molecule has 0 bridgehead atoms. The zero-order valence-electron chi connectivity index (χ0n) is 10.6. The van der Waals surface area contributed by atoms with Gasteiger partial charge in [-0.2, -0.15) is 19.8 Å². The second kappa shape index (κ2) is 5.64. The van der Waals surface area contributed by atoms with Gasteiger partial charge in [0.05, 0.1) is 6.61 Å². The Kier molecular flexibility index (Phi) is 3.92. The third kappa shape index (κ3) is 2.58. The summed E-state index contributed by atoms with van der Waals surface area (Å²) in [7, 11) is 0. The maximum atomic E-state index is 13.6. The number of hydrogen-bond donors (Lipinski definition) is 2. The minimum Gasteiger partial charge on any atom is -0.490 e. The summed E-state index contributed by atoms with van der Waals surface area (Å²) in [6, 6.07) is 2.15. The number of carbonyl (C=O) groups excluding carboxylic acids is 1. The molecule has 0 radical (unpaired) electrons. The average molecular weight is 282 g/mol. The molecule has 0 unspecified atom stereocenters. The number of primary amides is 1. The molecule has 0 fully saturated rings. The predicted molar refractivity (Wildman–Crippen MR) is 66.0 cm³/mol. The smallest absolute Gasteiger partial charge is 0.271 e. The number of aromatic nitrogens is 3. The van der Waals surface area contributed by atoms with Gasteiger partial charge in [-0.25, -0.2) is 4.39 Å². The minimum atomic E-state index is -1.10. The molecule has 6 nitrogen and oxygen atoms in total. The highest BCUT2D eigenvalue weighted by Gasteiger charge is 2.19. The van der Waals surface area contributed by atoms with Gasteiger partial charge in [0.25, 0.3) is 5.91 Å². The maximum absolute atomic E-state index is 13.6. The summed E-state index contributed by atoms with van der Waals surface area (Å²) in [5.74, 6) is -3.27. The molecule has 0 aliphatic heterocycles. The molecule has 1 amide bonds. The van der Waals surface area contributed by atoms with Gasteiger partial charge in [-0.05, 0) is 18.6 Å². The molecule has 0 saturated carbocycles. The Morgan fingerprint density at radius 3 is 2.80 bits per heavy atom. The lowest BCUT2D eigenvalue weighted by Gasteiger charge is -2.08. The van der Waals surface area contributed by atoms with Crippen molar-refractivity contribution in [1.29, 1.82) is 0 Å². The highest BCUT2D eigenvalue weighted by Crippen LogP contribution is 2.29. The minimum absolute atomic E-state index is 0.0396. The molecule has 1 aromatic heterocycles. The topological polar surface area (TPSA) is 93.9 Å². The lowest BCUT2D eigenvalue weighted by molar-refractivity contribution is 0.0996. The van der Waals surface area contributed by atoms with Crippen LogP contribution in [0.5, 0.6) is 5.75 Å². The van der Waals surface area contributed by atoms with Gasteiger partial charge in [0, 0.05) is 5.56 Å². The molecule has 106 valence electrons. The number of ether oxygens (including phenoxy) is 1. The summed E-state index contributed by atoms with van der Waals surface area (Å²) in [5.41, 5.74) is 5.16. The van der Waals surface area contributed by atoms with Gasteiger partial charge in [-0.1, -0.05) is 6.92 Å². The van der Waals surface area contributed by atoms with E-state index < -0.39 is 17.5 Å². The largest absolute Gasteiger partial charge is 0.490 e. The summed E-state index contributed by atoms with van der Waals surface area (Å²) in [5, 5.41) is 9.50. The number of H-pyrrole nitrogens is 1. The summed E-state index contributed by atoms with van der Waals surface area (Å²) in [4.78, 5) is 11.2. The van der Waals surface area contributed by atoms with E-state index in [0.29, 0.717) is 6.42 Å². The monoisotopic (exact) mass is 282 g/mol. The quantitative estimate of drug-likeness (QED) is 0.871. The standard InChI is InChI=1S/C12H12F2N4O2/c1-2-3-20-8-5-6(4-7(13)9(8)14)10-11(12(15)19)17-18-16-10/h4-5H,2-3H2,1H3,(H2,15,19)(H,16,17,18). The Morgan fingerprint density at radius 2 is 2.15 bits per heavy atom. The van der Waals surface area contributed by atoms with E-state index in [1.54, 1.807) is 0 Å². The van der Waals surface area contributed by atoms with E-state index in [4.69, 9.17) is 10.5 Å². The maximum Gasteiger partial charge on any atom is 0.271 e. The average Bonchev–Trinajstić information content (AvgIpc) is 2.89. The molecule has 0 saturated heterocycles. The summed E-state index contributed by atoms with van der Waals surface area (Å²) in [6.45, 7) is 2.07. The van der Waals surface area contributed by atoms with Crippen LogP contribution in [0.2, 0.25) is 0 Å². The van der Waals surface area contributed by atoms with Gasteiger partial charge in [0.15, 0.2) is 17.3 Å². The third-order valence-electron chi connectivity index (χ3n) is 2.51. The number of nitrogens with two attached hydrogens (primary N) is 1. The molecule has 3 N–H and O–H groups in total. The van der Waals surface area contributed by atoms with E-state index in [9.17, 15) is 13.6 Å². The van der Waals surface area contributed by atoms with Gasteiger partial charge in [0.2, 0.25) is 5.82 Å². The number of nitrogens with zero attached hydrogens (tertiary/aromatic N) is 2. The molecule has 1 heterocycles. The Labute approximate surface area is 112 Å². The van der Waals surface area contributed by atoms with E-state index in [-0.39, 0.29) is 29.3 Å². The molecule has 8 heteroatoms. The molecule has 0 aliphatic rings. The van der Waals surface area contributed by atoms with Crippen LogP contribution in [0.4, 0.5) is 8.78 Å². The lowest BCUT2D eigenvalue weighted by atomic mass is 10.1. The zero-order valence-corrected chi connectivity index (χ0v) is 10.6. The van der Waals surface area contributed by atoms with E-state index >= 15 is 0 Å². The van der Waals surface area contributed by atoms with Crippen LogP contribution >= 0.6 is 0 Å². The first-order valence-corrected chi connectivity index (χ1v) is 5.87. The first-order chi connectivity index (χ1) is 9.54. The molecule has 0 spiro atoms. The molecule has 20 heavy (non-hydrogen) atoms. The second-order valence-corrected chi connectivity index (χ2v) is 4.00. The molecule has 0 atom stereocenters. The van der Waals surface area contributed by atoms with Crippen molar-refractivity contribution in [3.63, 3.8) is 0 Å². The third-order valence-corrected chi connectivity index (χ3v) is 2.51. The Bertz CT molecular complexity index is 642. The van der Waals surface area contributed by atoms with Crippen LogP contribution in [-0.4, -0.2) is 27.9 Å². The normalized spacial score (nSPS) is 10.6. The fourth-order valence-corrected chi connectivity index (χ4v) is 1.62. The van der Waals surface area contributed by atoms with Crippen molar-refractivity contribution in [3.8, 4) is 17.0 Å². The number of aromatic amines is 1. The van der Waals surface area contributed by atoms with Gasteiger partial charge in [-0.15, -0.1) is 0 Å². The zero-order chi connectivity index (χ0) is 14.7. The molecule has 0 aliphatic carbocycles. The van der Waals surface area contributed by atoms with Crippen LogP contribution in [0.25, 0.3) is 11.3 Å². The van der Waals surface area contributed by atoms with Gasteiger partial charge >= 0.3 is 0 Å². The van der Waals surface area contributed by atoms with Crippen molar-refractivity contribution in [2.24, 2.45) is 5.73 Å². The highest BCUT2D eigenvalue weighted by molar-refractivity contribution is 5.96. The number of halogens is 2. The first kappa shape index (κ1) is 13.9. The fourth-order valence-electron chi connectivity index (χ4n) is 1.62. The van der Waals surface area contributed by atoms with Crippen molar-refractivity contribution < 1.29 is 18.3 Å². The van der Waals surface area contributed by atoms with E-state index in [1.165, 1.54) is 6.07 Å². The number of hydrogen-bond acceptors (Lipinski definition) is 4. The summed E-state index contributed by atoms with van der Waals surface area (Å²) in [6.07, 6.45) is 0.641. The first-order valence-electron chi connectivity index (χ1n) is 5.87. The highest BCUT2D eigenvalue weighted by atomic mass is 19.2. The number of benzene rings is 1. The van der Waals surface area contributed by atoms with Crippen molar-refractivity contribution >= 4 is 5.91 Å². The van der Waals surface area contributed by atoms with Crippen LogP contribution in [0.15, 0.2) is 12.1 Å². The Morgan fingerprint density at radius 1 is 1.40 bits per heavy atom. The van der Waals surface area contributed by atoms with Crippen molar-refractivity contribution in [2.45, 2.75) is 13.3 Å². The summed E-state index contributed by atoms with van der Waals surface area (Å²) < 4.78 is 32.2. The Balaban J connectivity index is 2.49. The van der Waals surface area contributed by atoms with E-state index in [2.05, 4.69) is 15.4 Å². The SMILES string of the molecule is CCCOc1cc(-c2n[nH]nc2C(N)=O)cc(F)c1F. The van der Waals surface area contributed by atoms with Crippen LogP contribution in [0.1, 0.15) is 23.8 Å². The van der Waals surface area contributed by atoms with Crippen molar-refractivity contribution in [3.05, 3.63) is 29.5 Å². The van der Waals surface area contributed by atoms with Crippen LogP contribution in [0, 0.1) is 11.6 Å². The van der Waals surface area contributed by atoms with Crippen molar-refractivity contribution in [2.75, 3.05) is 6.61 Å². The number of nitrogens with one attached hydrogen (secondary N) is 1. The van der Waals surface area contributed by atoms with Crippen molar-refractivity contribution in [1.82, 2.24) is 15.4 Å².